The summed E-state index contributed by atoms with van der Waals surface area (Å²) in [5.41, 5.74) is 0.716. The highest BCUT2D eigenvalue weighted by Gasteiger charge is 2.26. The quantitative estimate of drug-likeness (QED) is 0.848. The molecular formula is C16H23Cl2F2N3O. The van der Waals surface area contributed by atoms with Gasteiger partial charge in [-0.2, -0.15) is 8.78 Å². The van der Waals surface area contributed by atoms with Gasteiger partial charge in [-0.25, -0.2) is 0 Å². The Labute approximate surface area is 152 Å². The van der Waals surface area contributed by atoms with Crippen molar-refractivity contribution in [1.82, 2.24) is 15.1 Å². The van der Waals surface area contributed by atoms with E-state index in [-0.39, 0.29) is 18.2 Å². The predicted octanol–water partition coefficient (Wildman–Crippen LogP) is 2.84. The molecule has 0 radical (unpaired) electrons. The summed E-state index contributed by atoms with van der Waals surface area (Å²) >= 11 is 6.00. The summed E-state index contributed by atoms with van der Waals surface area (Å²) in [6.45, 7) is 3.81. The normalized spacial score (nSPS) is 22.6. The Kier molecular flexibility index (Phi) is 7.50. The zero-order chi connectivity index (χ0) is 16.2. The second-order valence-electron chi connectivity index (χ2n) is 6.09. The lowest BCUT2D eigenvalue weighted by molar-refractivity contribution is -0.0509. The van der Waals surface area contributed by atoms with E-state index in [1.54, 1.807) is 12.1 Å². The van der Waals surface area contributed by atoms with Gasteiger partial charge in [0.2, 0.25) is 0 Å². The van der Waals surface area contributed by atoms with Crippen LogP contribution in [0.4, 0.5) is 8.78 Å². The van der Waals surface area contributed by atoms with E-state index in [2.05, 4.69) is 19.9 Å². The third-order valence-electron chi connectivity index (χ3n) is 4.59. The van der Waals surface area contributed by atoms with Crippen LogP contribution in [-0.4, -0.2) is 61.7 Å². The Hall–Kier alpha value is -0.660. The lowest BCUT2D eigenvalue weighted by atomic mass is 10.1. The van der Waals surface area contributed by atoms with E-state index in [0.717, 1.165) is 39.3 Å². The minimum atomic E-state index is -2.82. The van der Waals surface area contributed by atoms with Crippen LogP contribution in [0, 0.1) is 0 Å². The molecule has 1 aromatic rings. The van der Waals surface area contributed by atoms with Crippen molar-refractivity contribution in [1.29, 1.82) is 0 Å². The van der Waals surface area contributed by atoms with Crippen molar-refractivity contribution in [3.63, 3.8) is 0 Å². The lowest BCUT2D eigenvalue weighted by Gasteiger charge is -2.38. The van der Waals surface area contributed by atoms with Gasteiger partial charge in [-0.3, -0.25) is 9.80 Å². The molecule has 2 fully saturated rings. The number of hydrogen-bond acceptors (Lipinski definition) is 4. The molecule has 0 saturated carbocycles. The number of benzene rings is 1. The Morgan fingerprint density at radius 3 is 2.62 bits per heavy atom. The molecule has 136 valence electrons. The number of hydrogen-bond donors (Lipinski definition) is 1. The van der Waals surface area contributed by atoms with Crippen LogP contribution >= 0.6 is 24.0 Å². The molecule has 0 bridgehead atoms. The van der Waals surface area contributed by atoms with E-state index in [0.29, 0.717) is 23.2 Å². The van der Waals surface area contributed by atoms with Gasteiger partial charge in [0.05, 0.1) is 0 Å². The highest BCUT2D eigenvalue weighted by molar-refractivity contribution is 6.30. The van der Waals surface area contributed by atoms with Crippen LogP contribution in [0.15, 0.2) is 18.2 Å². The number of rotatable bonds is 5. The van der Waals surface area contributed by atoms with E-state index >= 15 is 0 Å². The first-order valence-corrected chi connectivity index (χ1v) is 8.40. The van der Waals surface area contributed by atoms with Crippen LogP contribution in [0.2, 0.25) is 5.02 Å². The first kappa shape index (κ1) is 19.7. The molecule has 1 aromatic carbocycles. The fourth-order valence-electron chi connectivity index (χ4n) is 3.36. The van der Waals surface area contributed by atoms with Crippen LogP contribution in [0.5, 0.6) is 5.75 Å². The van der Waals surface area contributed by atoms with Crippen molar-refractivity contribution in [2.45, 2.75) is 25.6 Å². The van der Waals surface area contributed by atoms with E-state index in [9.17, 15) is 8.78 Å². The Balaban J connectivity index is 0.00000208. The average molecular weight is 382 g/mol. The summed E-state index contributed by atoms with van der Waals surface area (Å²) in [6.07, 6.45) is 1.21. The molecule has 0 spiro atoms. The maximum atomic E-state index is 12.5. The second kappa shape index (κ2) is 9.15. The molecule has 0 amide bonds. The fraction of sp³-hybridized carbons (Fsp3) is 0.625. The third kappa shape index (κ3) is 5.17. The second-order valence-corrected chi connectivity index (χ2v) is 6.53. The summed E-state index contributed by atoms with van der Waals surface area (Å²) in [5, 5.41) is 3.93. The third-order valence-corrected chi connectivity index (χ3v) is 4.83. The molecule has 0 aromatic heterocycles. The van der Waals surface area contributed by atoms with E-state index in [1.807, 2.05) is 0 Å². The molecule has 3 rings (SSSR count). The van der Waals surface area contributed by atoms with Gasteiger partial charge in [0.25, 0.3) is 0 Å². The largest absolute Gasteiger partial charge is 0.434 e. The molecule has 2 saturated heterocycles. The zero-order valence-electron chi connectivity index (χ0n) is 13.4. The molecule has 2 aliphatic heterocycles. The van der Waals surface area contributed by atoms with Crippen molar-refractivity contribution >= 4 is 24.0 Å². The molecular weight excluding hydrogens is 359 g/mol. The van der Waals surface area contributed by atoms with Gasteiger partial charge in [-0.05, 0) is 31.2 Å². The molecule has 4 nitrogen and oxygen atoms in total. The molecule has 1 unspecified atom stereocenters. The van der Waals surface area contributed by atoms with Gasteiger partial charge in [0, 0.05) is 55.9 Å². The van der Waals surface area contributed by atoms with Gasteiger partial charge in [-0.15, -0.1) is 12.4 Å². The van der Waals surface area contributed by atoms with Gasteiger partial charge < -0.3 is 10.1 Å². The molecule has 2 heterocycles. The van der Waals surface area contributed by atoms with Crippen molar-refractivity contribution < 1.29 is 13.5 Å². The SMILES string of the molecule is Cl.FC(F)Oc1ccc(Cl)cc1CN1CCN(C2CCNC2)CC1. The highest BCUT2D eigenvalue weighted by atomic mass is 35.5. The highest BCUT2D eigenvalue weighted by Crippen LogP contribution is 2.26. The lowest BCUT2D eigenvalue weighted by Crippen LogP contribution is -2.50. The standard InChI is InChI=1S/C16H22ClF2N3O.ClH/c17-13-1-2-15(23-16(18)19)12(9-13)11-21-5-7-22(8-6-21)14-3-4-20-10-14;/h1-2,9,14,16,20H,3-8,10-11H2;1H. The molecule has 1 atom stereocenters. The van der Waals surface area contributed by atoms with Crippen molar-refractivity contribution in [3.05, 3.63) is 28.8 Å². The van der Waals surface area contributed by atoms with E-state index in [1.165, 1.54) is 12.5 Å². The number of nitrogens with one attached hydrogen (secondary N) is 1. The Morgan fingerprint density at radius 2 is 2.00 bits per heavy atom. The summed E-state index contributed by atoms with van der Waals surface area (Å²) < 4.78 is 29.7. The summed E-state index contributed by atoms with van der Waals surface area (Å²) in [7, 11) is 0. The van der Waals surface area contributed by atoms with Crippen molar-refractivity contribution in [3.8, 4) is 5.75 Å². The minimum absolute atomic E-state index is 0. The number of ether oxygens (including phenoxy) is 1. The van der Waals surface area contributed by atoms with Crippen LogP contribution in [-0.2, 0) is 6.54 Å². The van der Waals surface area contributed by atoms with Crippen LogP contribution in [0.3, 0.4) is 0 Å². The summed E-state index contributed by atoms with van der Waals surface area (Å²) in [4.78, 5) is 4.79. The van der Waals surface area contributed by atoms with Crippen molar-refractivity contribution in [2.24, 2.45) is 0 Å². The topological polar surface area (TPSA) is 27.7 Å². The van der Waals surface area contributed by atoms with Gasteiger partial charge in [-0.1, -0.05) is 11.6 Å². The van der Waals surface area contributed by atoms with Crippen LogP contribution < -0.4 is 10.1 Å². The van der Waals surface area contributed by atoms with Crippen molar-refractivity contribution in [2.75, 3.05) is 39.3 Å². The average Bonchev–Trinajstić information content (AvgIpc) is 3.05. The summed E-state index contributed by atoms with van der Waals surface area (Å²) in [6, 6.07) is 5.45. The first-order valence-electron chi connectivity index (χ1n) is 8.02. The number of nitrogens with zero attached hydrogens (tertiary/aromatic N) is 2. The molecule has 1 N–H and O–H groups in total. The van der Waals surface area contributed by atoms with Gasteiger partial charge in [0.15, 0.2) is 0 Å². The number of halogens is 4. The van der Waals surface area contributed by atoms with E-state index in [4.69, 9.17) is 11.6 Å². The van der Waals surface area contributed by atoms with Gasteiger partial charge >= 0.3 is 6.61 Å². The Morgan fingerprint density at radius 1 is 1.25 bits per heavy atom. The minimum Gasteiger partial charge on any atom is -0.434 e. The molecule has 24 heavy (non-hydrogen) atoms. The monoisotopic (exact) mass is 381 g/mol. The Bertz CT molecular complexity index is 522. The summed E-state index contributed by atoms with van der Waals surface area (Å²) in [5.74, 6) is 0.215. The van der Waals surface area contributed by atoms with Crippen LogP contribution in [0.1, 0.15) is 12.0 Å². The number of piperazine rings is 1. The first-order chi connectivity index (χ1) is 11.1. The zero-order valence-corrected chi connectivity index (χ0v) is 15.0. The number of alkyl halides is 2. The fourth-order valence-corrected chi connectivity index (χ4v) is 3.56. The predicted molar refractivity (Wildman–Crippen MR) is 93.5 cm³/mol. The smallest absolute Gasteiger partial charge is 0.387 e. The maximum absolute atomic E-state index is 12.5. The molecule has 2 aliphatic rings. The maximum Gasteiger partial charge on any atom is 0.387 e. The molecule has 8 heteroatoms. The van der Waals surface area contributed by atoms with Gasteiger partial charge in [0.1, 0.15) is 5.75 Å². The molecule has 0 aliphatic carbocycles. The van der Waals surface area contributed by atoms with Crippen LogP contribution in [0.25, 0.3) is 0 Å². The van der Waals surface area contributed by atoms with E-state index < -0.39 is 6.61 Å².